The Kier molecular flexibility index (Phi) is 7.38. The van der Waals surface area contributed by atoms with Crippen molar-refractivity contribution in [3.8, 4) is 11.4 Å². The number of rotatable bonds is 8. The molecule has 0 spiro atoms. The zero-order chi connectivity index (χ0) is 24.2. The minimum atomic E-state index is -0.801. The van der Waals surface area contributed by atoms with Gasteiger partial charge in [-0.3, -0.25) is 14.2 Å². The highest BCUT2D eigenvalue weighted by atomic mass is 35.5. The molecule has 1 saturated heterocycles. The molecule has 1 amide bonds. The summed E-state index contributed by atoms with van der Waals surface area (Å²) in [6.45, 7) is 5.20. The van der Waals surface area contributed by atoms with Crippen LogP contribution in [0.15, 0.2) is 52.1 Å². The third-order valence-electron chi connectivity index (χ3n) is 6.29. The zero-order valence-corrected chi connectivity index (χ0v) is 20.2. The maximum Gasteiger partial charge on any atom is 0.336 e. The minimum absolute atomic E-state index is 0.263. The van der Waals surface area contributed by atoms with Gasteiger partial charge < -0.3 is 15.0 Å². The second-order valence-electron chi connectivity index (χ2n) is 8.42. The molecule has 9 heteroatoms. The van der Waals surface area contributed by atoms with Crippen LogP contribution >= 0.6 is 11.6 Å². The summed E-state index contributed by atoms with van der Waals surface area (Å²) in [6.07, 6.45) is 2.73. The van der Waals surface area contributed by atoms with Gasteiger partial charge in [-0.25, -0.2) is 9.36 Å². The number of aromatic nitrogens is 2. The summed E-state index contributed by atoms with van der Waals surface area (Å²) < 4.78 is 7.74. The topological polar surface area (TPSA) is 85.6 Å². The quantitative estimate of drug-likeness (QED) is 0.531. The first-order chi connectivity index (χ1) is 16.4. The van der Waals surface area contributed by atoms with Crippen LogP contribution in [-0.2, 0) is 4.79 Å². The number of halogens is 1. The third-order valence-corrected chi connectivity index (χ3v) is 6.52. The van der Waals surface area contributed by atoms with Gasteiger partial charge in [0, 0.05) is 24.2 Å². The van der Waals surface area contributed by atoms with E-state index in [1.807, 2.05) is 6.92 Å². The minimum Gasteiger partial charge on any atom is -0.497 e. The number of benzene rings is 2. The van der Waals surface area contributed by atoms with Gasteiger partial charge in [-0.05, 0) is 62.7 Å². The lowest BCUT2D eigenvalue weighted by Gasteiger charge is -2.22. The predicted molar refractivity (Wildman–Crippen MR) is 133 cm³/mol. The number of ether oxygens (including phenoxy) is 1. The average molecular weight is 485 g/mol. The molecule has 0 radical (unpaired) electrons. The summed E-state index contributed by atoms with van der Waals surface area (Å²) in [4.78, 5) is 42.7. The van der Waals surface area contributed by atoms with E-state index in [1.165, 1.54) is 24.5 Å². The number of hydrogen-bond donors (Lipinski definition) is 1. The Hall–Kier alpha value is -3.10. The van der Waals surface area contributed by atoms with Crippen LogP contribution in [0.25, 0.3) is 16.6 Å². The molecule has 0 aliphatic carbocycles. The van der Waals surface area contributed by atoms with Crippen molar-refractivity contribution in [3.05, 3.63) is 68.3 Å². The van der Waals surface area contributed by atoms with Gasteiger partial charge in [0.15, 0.2) is 0 Å². The molecule has 180 valence electrons. The Labute approximate surface area is 202 Å². The van der Waals surface area contributed by atoms with E-state index in [0.29, 0.717) is 40.3 Å². The monoisotopic (exact) mass is 484 g/mol. The average Bonchev–Trinajstić information content (AvgIpc) is 3.35. The molecule has 3 aromatic rings. The van der Waals surface area contributed by atoms with Gasteiger partial charge >= 0.3 is 5.69 Å². The van der Waals surface area contributed by atoms with E-state index in [2.05, 4.69) is 10.2 Å². The van der Waals surface area contributed by atoms with Crippen LogP contribution in [0.5, 0.6) is 5.75 Å². The number of carbonyl (C=O) groups is 1. The van der Waals surface area contributed by atoms with Crippen molar-refractivity contribution in [2.45, 2.75) is 32.2 Å². The third kappa shape index (κ3) is 4.74. The van der Waals surface area contributed by atoms with Gasteiger partial charge in [0.1, 0.15) is 11.8 Å². The highest BCUT2D eigenvalue weighted by Crippen LogP contribution is 2.22. The highest BCUT2D eigenvalue weighted by molar-refractivity contribution is 6.31. The Bertz CT molecular complexity index is 1310. The molecular weight excluding hydrogens is 456 g/mol. The fourth-order valence-electron chi connectivity index (χ4n) is 4.53. The summed E-state index contributed by atoms with van der Waals surface area (Å²) in [6, 6.07) is 10.7. The number of fused-ring (bicyclic) bond motifs is 1. The summed E-state index contributed by atoms with van der Waals surface area (Å²) in [5.74, 6) is 0.249. The standard InChI is InChI=1S/C25H29ClN4O4/c1-3-21(23(31)27-11-14-28-12-4-5-13-28)30-22-15-17(26)9-10-20(22)24(32)29(25(30)33)18-7-6-8-19(16-18)34-2/h6-10,15-16,21H,3-5,11-14H2,1-2H3,(H,27,31). The first-order valence-corrected chi connectivity index (χ1v) is 11.9. The lowest BCUT2D eigenvalue weighted by Crippen LogP contribution is -2.45. The van der Waals surface area contributed by atoms with Crippen LogP contribution < -0.4 is 21.3 Å². The molecular formula is C25H29ClN4O4. The lowest BCUT2D eigenvalue weighted by molar-refractivity contribution is -0.124. The first kappa shape index (κ1) is 24.0. The molecule has 1 aliphatic rings. The molecule has 1 unspecified atom stereocenters. The van der Waals surface area contributed by atoms with Crippen LogP contribution in [0.4, 0.5) is 0 Å². The molecule has 0 bridgehead atoms. The number of carbonyl (C=O) groups excluding carboxylic acids is 1. The second-order valence-corrected chi connectivity index (χ2v) is 8.86. The smallest absolute Gasteiger partial charge is 0.336 e. The van der Waals surface area contributed by atoms with Crippen LogP contribution in [0.3, 0.4) is 0 Å². The molecule has 1 N–H and O–H groups in total. The van der Waals surface area contributed by atoms with Gasteiger partial charge in [-0.15, -0.1) is 0 Å². The fourth-order valence-corrected chi connectivity index (χ4v) is 4.69. The molecule has 1 fully saturated rings. The fraction of sp³-hybridized carbons (Fsp3) is 0.400. The van der Waals surface area contributed by atoms with Crippen molar-refractivity contribution in [1.29, 1.82) is 0 Å². The van der Waals surface area contributed by atoms with Gasteiger partial charge in [0.05, 0.1) is 23.7 Å². The number of nitrogens with zero attached hydrogens (tertiary/aromatic N) is 3. The molecule has 2 heterocycles. The lowest BCUT2D eigenvalue weighted by atomic mass is 10.1. The van der Waals surface area contributed by atoms with E-state index < -0.39 is 17.3 Å². The van der Waals surface area contributed by atoms with Crippen molar-refractivity contribution < 1.29 is 9.53 Å². The Morgan fingerprint density at radius 1 is 1.15 bits per heavy atom. The number of amides is 1. The SMILES string of the molecule is CCC(C(=O)NCCN1CCCC1)n1c(=O)n(-c2cccc(OC)c2)c(=O)c2ccc(Cl)cc21. The Balaban J connectivity index is 1.81. The molecule has 4 rings (SSSR count). The summed E-state index contributed by atoms with van der Waals surface area (Å²) in [5.41, 5.74) is -0.382. The molecule has 8 nitrogen and oxygen atoms in total. The number of hydrogen-bond acceptors (Lipinski definition) is 5. The van der Waals surface area contributed by atoms with Crippen LogP contribution in [0.1, 0.15) is 32.2 Å². The van der Waals surface area contributed by atoms with E-state index in [-0.39, 0.29) is 5.91 Å². The van der Waals surface area contributed by atoms with E-state index in [9.17, 15) is 14.4 Å². The molecule has 1 aliphatic heterocycles. The van der Waals surface area contributed by atoms with Crippen molar-refractivity contribution in [2.75, 3.05) is 33.3 Å². The highest BCUT2D eigenvalue weighted by Gasteiger charge is 2.25. The van der Waals surface area contributed by atoms with E-state index in [4.69, 9.17) is 16.3 Å². The van der Waals surface area contributed by atoms with E-state index in [0.717, 1.165) is 24.2 Å². The summed E-state index contributed by atoms with van der Waals surface area (Å²) in [5, 5.41) is 3.66. The van der Waals surface area contributed by atoms with E-state index in [1.54, 1.807) is 42.5 Å². The van der Waals surface area contributed by atoms with Crippen LogP contribution in [-0.4, -0.2) is 53.2 Å². The van der Waals surface area contributed by atoms with Crippen molar-refractivity contribution in [1.82, 2.24) is 19.4 Å². The van der Waals surface area contributed by atoms with Crippen molar-refractivity contribution in [2.24, 2.45) is 0 Å². The molecule has 1 aromatic heterocycles. The maximum atomic E-state index is 13.8. The van der Waals surface area contributed by atoms with Crippen LogP contribution in [0, 0.1) is 0 Å². The first-order valence-electron chi connectivity index (χ1n) is 11.6. The Morgan fingerprint density at radius 2 is 1.91 bits per heavy atom. The summed E-state index contributed by atoms with van der Waals surface area (Å²) in [7, 11) is 1.52. The van der Waals surface area contributed by atoms with Gasteiger partial charge in [-0.1, -0.05) is 24.6 Å². The second kappa shape index (κ2) is 10.4. The number of likely N-dealkylation sites (tertiary alicyclic amines) is 1. The molecule has 1 atom stereocenters. The molecule has 34 heavy (non-hydrogen) atoms. The largest absolute Gasteiger partial charge is 0.497 e. The normalized spacial score (nSPS) is 14.9. The number of methoxy groups -OCH3 is 1. The molecule has 2 aromatic carbocycles. The number of nitrogens with one attached hydrogen (secondary N) is 1. The van der Waals surface area contributed by atoms with Gasteiger partial charge in [0.25, 0.3) is 5.56 Å². The predicted octanol–water partition coefficient (Wildman–Crippen LogP) is 2.98. The van der Waals surface area contributed by atoms with Crippen molar-refractivity contribution >= 4 is 28.4 Å². The van der Waals surface area contributed by atoms with Gasteiger partial charge in [-0.2, -0.15) is 0 Å². The van der Waals surface area contributed by atoms with E-state index >= 15 is 0 Å². The summed E-state index contributed by atoms with van der Waals surface area (Å²) >= 11 is 6.23. The zero-order valence-electron chi connectivity index (χ0n) is 19.4. The van der Waals surface area contributed by atoms with Crippen LogP contribution in [0.2, 0.25) is 5.02 Å². The van der Waals surface area contributed by atoms with Gasteiger partial charge in [0.2, 0.25) is 5.91 Å². The molecule has 0 saturated carbocycles. The maximum absolute atomic E-state index is 13.8. The van der Waals surface area contributed by atoms with Crippen molar-refractivity contribution in [3.63, 3.8) is 0 Å². The Morgan fingerprint density at radius 3 is 2.62 bits per heavy atom.